The van der Waals surface area contributed by atoms with Gasteiger partial charge in [-0.05, 0) is 42.0 Å². The topological polar surface area (TPSA) is 12.9 Å². The molecule has 0 aliphatic rings. The van der Waals surface area contributed by atoms with Gasteiger partial charge in [-0.1, -0.05) is 20.4 Å². The van der Waals surface area contributed by atoms with Gasteiger partial charge in [-0.2, -0.15) is 0 Å². The minimum atomic E-state index is 0.749. The van der Waals surface area contributed by atoms with Crippen molar-refractivity contribution in [2.24, 2.45) is 5.92 Å². The Hall–Kier alpha value is -1.11. The average Bonchev–Trinajstić information content (AvgIpc) is 2.15. The molecule has 1 heteroatoms. The third-order valence-corrected chi connectivity index (χ3v) is 2.11. The maximum Gasteiger partial charge on any atom is 0.0273 e. The Labute approximate surface area is 80.5 Å². The highest BCUT2D eigenvalue weighted by Crippen LogP contribution is 2.19. The molecule has 0 aliphatic heterocycles. The first-order valence-electron chi connectivity index (χ1n) is 4.78. The Kier molecular flexibility index (Phi) is 3.69. The molecule has 0 N–H and O–H groups in total. The largest absolute Gasteiger partial charge is 0.265 e. The number of pyridine rings is 1. The van der Waals surface area contributed by atoms with E-state index in [1.165, 1.54) is 17.6 Å². The zero-order chi connectivity index (χ0) is 9.68. The number of hydrogen-bond donors (Lipinski definition) is 0. The molecular weight excluding hydrogens is 158 g/mol. The fraction of sp³-hybridized carbons (Fsp3) is 0.417. The predicted octanol–water partition coefficient (Wildman–Crippen LogP) is 3.53. The molecule has 0 unspecified atom stereocenters. The van der Waals surface area contributed by atoms with Crippen molar-refractivity contribution in [3.8, 4) is 0 Å². The molecule has 0 bridgehead atoms. The lowest BCUT2D eigenvalue weighted by atomic mass is 9.99. The molecule has 0 aromatic carbocycles. The van der Waals surface area contributed by atoms with E-state index in [1.54, 1.807) is 0 Å². The molecule has 1 aromatic rings. The van der Waals surface area contributed by atoms with Gasteiger partial charge in [-0.3, -0.25) is 4.98 Å². The lowest BCUT2D eigenvalue weighted by Crippen LogP contribution is -1.89. The van der Waals surface area contributed by atoms with Crippen LogP contribution in [0, 0.1) is 5.92 Å². The Morgan fingerprint density at radius 1 is 1.38 bits per heavy atom. The summed E-state index contributed by atoms with van der Waals surface area (Å²) in [5.41, 5.74) is 2.44. The van der Waals surface area contributed by atoms with Crippen molar-refractivity contribution in [2.45, 2.75) is 26.7 Å². The summed E-state index contributed by atoms with van der Waals surface area (Å²) in [6.45, 7) is 8.54. The van der Waals surface area contributed by atoms with Crippen LogP contribution in [-0.2, 0) is 0 Å². The van der Waals surface area contributed by atoms with Crippen molar-refractivity contribution in [3.63, 3.8) is 0 Å². The quantitative estimate of drug-likeness (QED) is 0.682. The second-order valence-corrected chi connectivity index (χ2v) is 3.77. The van der Waals surface area contributed by atoms with Gasteiger partial charge in [0.05, 0.1) is 0 Å². The molecule has 0 amide bonds. The van der Waals surface area contributed by atoms with E-state index >= 15 is 0 Å². The third-order valence-electron chi connectivity index (χ3n) is 2.11. The maximum absolute atomic E-state index is 4.07. The standard InChI is InChI=1S/C12H17N/c1-10(2)4-5-11(3)12-6-8-13-9-7-12/h6-10H,3-5H2,1-2H3. The van der Waals surface area contributed by atoms with Crippen LogP contribution in [0.4, 0.5) is 0 Å². The van der Waals surface area contributed by atoms with E-state index in [0.29, 0.717) is 0 Å². The molecule has 0 spiro atoms. The van der Waals surface area contributed by atoms with Crippen LogP contribution in [-0.4, -0.2) is 4.98 Å². The third kappa shape index (κ3) is 3.41. The lowest BCUT2D eigenvalue weighted by Gasteiger charge is -2.07. The van der Waals surface area contributed by atoms with Crippen molar-refractivity contribution < 1.29 is 0 Å². The number of allylic oxidation sites excluding steroid dienone is 1. The predicted molar refractivity (Wildman–Crippen MR) is 57.3 cm³/mol. The molecule has 0 radical (unpaired) electrons. The molecule has 0 atom stereocenters. The zero-order valence-corrected chi connectivity index (χ0v) is 8.46. The van der Waals surface area contributed by atoms with E-state index in [4.69, 9.17) is 0 Å². The summed E-state index contributed by atoms with van der Waals surface area (Å²) in [5.74, 6) is 0.749. The highest BCUT2D eigenvalue weighted by Gasteiger charge is 1.99. The summed E-state index contributed by atoms with van der Waals surface area (Å²) in [4.78, 5) is 3.98. The van der Waals surface area contributed by atoms with Crippen LogP contribution < -0.4 is 0 Å². The van der Waals surface area contributed by atoms with Gasteiger partial charge < -0.3 is 0 Å². The molecule has 13 heavy (non-hydrogen) atoms. The summed E-state index contributed by atoms with van der Waals surface area (Å²) in [6, 6.07) is 4.03. The first kappa shape index (κ1) is 9.97. The van der Waals surface area contributed by atoms with Gasteiger partial charge in [-0.25, -0.2) is 0 Å². The van der Waals surface area contributed by atoms with Gasteiger partial charge in [-0.15, -0.1) is 0 Å². The number of rotatable bonds is 4. The Balaban J connectivity index is 2.50. The Morgan fingerprint density at radius 3 is 2.54 bits per heavy atom. The van der Waals surface area contributed by atoms with Gasteiger partial charge in [0.25, 0.3) is 0 Å². The smallest absolute Gasteiger partial charge is 0.0273 e. The fourth-order valence-electron chi connectivity index (χ4n) is 1.19. The van der Waals surface area contributed by atoms with Gasteiger partial charge in [0.15, 0.2) is 0 Å². The molecule has 1 rings (SSSR count). The van der Waals surface area contributed by atoms with Crippen molar-refractivity contribution in [1.29, 1.82) is 0 Å². The van der Waals surface area contributed by atoms with Gasteiger partial charge >= 0.3 is 0 Å². The Bertz CT molecular complexity index is 262. The Morgan fingerprint density at radius 2 is 2.00 bits per heavy atom. The van der Waals surface area contributed by atoms with Crippen LogP contribution in [0.2, 0.25) is 0 Å². The van der Waals surface area contributed by atoms with E-state index in [-0.39, 0.29) is 0 Å². The van der Waals surface area contributed by atoms with Crippen LogP contribution in [0.5, 0.6) is 0 Å². The van der Waals surface area contributed by atoms with Crippen molar-refractivity contribution in [3.05, 3.63) is 36.7 Å². The minimum Gasteiger partial charge on any atom is -0.265 e. The molecule has 1 aromatic heterocycles. The van der Waals surface area contributed by atoms with Gasteiger partial charge in [0.1, 0.15) is 0 Å². The second kappa shape index (κ2) is 4.80. The molecule has 0 aliphatic carbocycles. The summed E-state index contributed by atoms with van der Waals surface area (Å²) in [6.07, 6.45) is 5.93. The summed E-state index contributed by atoms with van der Waals surface area (Å²) in [7, 11) is 0. The van der Waals surface area contributed by atoms with Crippen molar-refractivity contribution >= 4 is 5.57 Å². The summed E-state index contributed by atoms with van der Waals surface area (Å²) in [5, 5.41) is 0. The molecule has 0 saturated heterocycles. The van der Waals surface area contributed by atoms with Crippen molar-refractivity contribution in [2.75, 3.05) is 0 Å². The molecule has 0 saturated carbocycles. The molecule has 1 heterocycles. The molecule has 70 valence electrons. The normalized spacial score (nSPS) is 10.4. The van der Waals surface area contributed by atoms with Crippen molar-refractivity contribution in [1.82, 2.24) is 4.98 Å². The lowest BCUT2D eigenvalue weighted by molar-refractivity contribution is 0.599. The highest BCUT2D eigenvalue weighted by molar-refractivity contribution is 5.62. The minimum absolute atomic E-state index is 0.749. The average molecular weight is 175 g/mol. The monoisotopic (exact) mass is 175 g/mol. The second-order valence-electron chi connectivity index (χ2n) is 3.77. The van der Waals surface area contributed by atoms with Gasteiger partial charge in [0.2, 0.25) is 0 Å². The molecule has 1 nitrogen and oxygen atoms in total. The number of aromatic nitrogens is 1. The van der Waals surface area contributed by atoms with Crippen LogP contribution in [0.3, 0.4) is 0 Å². The SMILES string of the molecule is C=C(CCC(C)C)c1ccncc1. The van der Waals surface area contributed by atoms with Crippen LogP contribution in [0.15, 0.2) is 31.1 Å². The summed E-state index contributed by atoms with van der Waals surface area (Å²) < 4.78 is 0. The van der Waals surface area contributed by atoms with E-state index in [0.717, 1.165) is 12.3 Å². The molecular formula is C12H17N. The van der Waals surface area contributed by atoms with E-state index < -0.39 is 0 Å². The van der Waals surface area contributed by atoms with E-state index in [1.807, 2.05) is 24.5 Å². The number of nitrogens with zero attached hydrogens (tertiary/aromatic N) is 1. The first-order chi connectivity index (χ1) is 6.20. The van der Waals surface area contributed by atoms with Crippen LogP contribution in [0.1, 0.15) is 32.3 Å². The fourth-order valence-corrected chi connectivity index (χ4v) is 1.19. The van der Waals surface area contributed by atoms with E-state index in [9.17, 15) is 0 Å². The highest BCUT2D eigenvalue weighted by atomic mass is 14.6. The first-order valence-corrected chi connectivity index (χ1v) is 4.78. The summed E-state index contributed by atoms with van der Waals surface area (Å²) >= 11 is 0. The van der Waals surface area contributed by atoms with E-state index in [2.05, 4.69) is 25.4 Å². The van der Waals surface area contributed by atoms with Crippen LogP contribution in [0.25, 0.3) is 5.57 Å². The maximum atomic E-state index is 4.07. The van der Waals surface area contributed by atoms with Crippen LogP contribution >= 0.6 is 0 Å². The number of hydrogen-bond acceptors (Lipinski definition) is 1. The van der Waals surface area contributed by atoms with Gasteiger partial charge in [0, 0.05) is 12.4 Å². The zero-order valence-electron chi connectivity index (χ0n) is 8.46. The molecule has 0 fully saturated rings.